The van der Waals surface area contributed by atoms with E-state index in [0.29, 0.717) is 0 Å². The van der Waals surface area contributed by atoms with E-state index in [9.17, 15) is 0 Å². The van der Waals surface area contributed by atoms with Crippen LogP contribution < -0.4 is 5.73 Å². The fourth-order valence-electron chi connectivity index (χ4n) is 2.43. The monoisotopic (exact) mass is 233 g/mol. The molecule has 0 spiro atoms. The first-order valence-electron chi connectivity index (χ1n) is 6.10. The van der Waals surface area contributed by atoms with Gasteiger partial charge in [-0.05, 0) is 46.5 Å². The SMILES string of the molecule is Cc1cccc2cccc(-c3ccc(N)cc3)c12. The highest BCUT2D eigenvalue weighted by Gasteiger charge is 2.05. The predicted octanol–water partition coefficient (Wildman–Crippen LogP) is 4.40. The van der Waals surface area contributed by atoms with Crippen molar-refractivity contribution in [1.29, 1.82) is 0 Å². The molecule has 0 radical (unpaired) electrons. The summed E-state index contributed by atoms with van der Waals surface area (Å²) in [5.41, 5.74) is 10.3. The molecule has 3 rings (SSSR count). The van der Waals surface area contributed by atoms with Gasteiger partial charge in [0.25, 0.3) is 0 Å². The van der Waals surface area contributed by atoms with Crippen LogP contribution in [0.4, 0.5) is 5.69 Å². The van der Waals surface area contributed by atoms with Crippen molar-refractivity contribution in [1.82, 2.24) is 0 Å². The van der Waals surface area contributed by atoms with E-state index in [1.165, 1.54) is 27.5 Å². The molecule has 0 bridgehead atoms. The minimum atomic E-state index is 0.802. The zero-order chi connectivity index (χ0) is 12.5. The van der Waals surface area contributed by atoms with Crippen LogP contribution in [0.5, 0.6) is 0 Å². The summed E-state index contributed by atoms with van der Waals surface area (Å²) in [6.45, 7) is 2.16. The number of benzene rings is 3. The third kappa shape index (κ3) is 1.74. The van der Waals surface area contributed by atoms with Gasteiger partial charge in [0.2, 0.25) is 0 Å². The first kappa shape index (κ1) is 10.8. The van der Waals surface area contributed by atoms with Crippen molar-refractivity contribution in [3.63, 3.8) is 0 Å². The second-order valence-electron chi connectivity index (χ2n) is 4.60. The third-order valence-corrected chi connectivity index (χ3v) is 3.33. The summed E-state index contributed by atoms with van der Waals surface area (Å²) in [6, 6.07) is 20.9. The summed E-state index contributed by atoms with van der Waals surface area (Å²) >= 11 is 0. The van der Waals surface area contributed by atoms with Gasteiger partial charge in [-0.3, -0.25) is 0 Å². The van der Waals surface area contributed by atoms with Crippen molar-refractivity contribution in [2.45, 2.75) is 6.92 Å². The van der Waals surface area contributed by atoms with E-state index in [0.717, 1.165) is 5.69 Å². The molecule has 3 aromatic carbocycles. The molecule has 1 nitrogen and oxygen atoms in total. The van der Waals surface area contributed by atoms with Crippen LogP contribution in [0.1, 0.15) is 5.56 Å². The van der Waals surface area contributed by atoms with Gasteiger partial charge >= 0.3 is 0 Å². The minimum absolute atomic E-state index is 0.802. The molecule has 0 amide bonds. The summed E-state index contributed by atoms with van der Waals surface area (Å²) in [6.07, 6.45) is 0. The van der Waals surface area contributed by atoms with E-state index in [1.54, 1.807) is 0 Å². The van der Waals surface area contributed by atoms with Crippen LogP contribution >= 0.6 is 0 Å². The molecule has 3 aromatic rings. The van der Waals surface area contributed by atoms with E-state index in [-0.39, 0.29) is 0 Å². The molecule has 0 unspecified atom stereocenters. The summed E-state index contributed by atoms with van der Waals surface area (Å²) < 4.78 is 0. The highest BCUT2D eigenvalue weighted by Crippen LogP contribution is 2.31. The summed E-state index contributed by atoms with van der Waals surface area (Å²) in [5.74, 6) is 0. The second kappa shape index (κ2) is 4.19. The Morgan fingerprint density at radius 3 is 2.17 bits per heavy atom. The van der Waals surface area contributed by atoms with Crippen LogP contribution in [0.15, 0.2) is 60.7 Å². The van der Waals surface area contributed by atoms with Crippen molar-refractivity contribution in [2.75, 3.05) is 5.73 Å². The van der Waals surface area contributed by atoms with Crippen molar-refractivity contribution in [2.24, 2.45) is 0 Å². The van der Waals surface area contributed by atoms with Crippen LogP contribution in [0.2, 0.25) is 0 Å². The van der Waals surface area contributed by atoms with Crippen molar-refractivity contribution in [3.05, 3.63) is 66.2 Å². The lowest BCUT2D eigenvalue weighted by Crippen LogP contribution is -1.86. The molecule has 1 heteroatoms. The number of nitrogens with two attached hydrogens (primary N) is 1. The Morgan fingerprint density at radius 1 is 0.778 bits per heavy atom. The van der Waals surface area contributed by atoms with E-state index < -0.39 is 0 Å². The lowest BCUT2D eigenvalue weighted by atomic mass is 9.95. The number of fused-ring (bicyclic) bond motifs is 1. The van der Waals surface area contributed by atoms with Crippen LogP contribution in [0.25, 0.3) is 21.9 Å². The lowest BCUT2D eigenvalue weighted by molar-refractivity contribution is 1.52. The van der Waals surface area contributed by atoms with Crippen LogP contribution in [-0.2, 0) is 0 Å². The molecular weight excluding hydrogens is 218 g/mol. The van der Waals surface area contributed by atoms with E-state index in [4.69, 9.17) is 5.73 Å². The third-order valence-electron chi connectivity index (χ3n) is 3.33. The normalized spacial score (nSPS) is 10.7. The maximum Gasteiger partial charge on any atom is 0.0314 e. The molecule has 0 aromatic heterocycles. The minimum Gasteiger partial charge on any atom is -0.399 e. The highest BCUT2D eigenvalue weighted by atomic mass is 14.5. The van der Waals surface area contributed by atoms with Crippen LogP contribution in [0, 0.1) is 6.92 Å². The molecule has 18 heavy (non-hydrogen) atoms. The Kier molecular flexibility index (Phi) is 2.52. The Bertz CT molecular complexity index is 691. The van der Waals surface area contributed by atoms with Gasteiger partial charge in [0.15, 0.2) is 0 Å². The molecule has 2 N–H and O–H groups in total. The number of nitrogen functional groups attached to an aromatic ring is 1. The van der Waals surface area contributed by atoms with Gasteiger partial charge in [0.05, 0.1) is 0 Å². The molecule has 0 heterocycles. The maximum absolute atomic E-state index is 5.75. The van der Waals surface area contributed by atoms with E-state index in [1.807, 2.05) is 12.1 Å². The van der Waals surface area contributed by atoms with E-state index >= 15 is 0 Å². The molecule has 0 saturated heterocycles. The van der Waals surface area contributed by atoms with Gasteiger partial charge in [0.1, 0.15) is 0 Å². The Hall–Kier alpha value is -2.28. The number of anilines is 1. The first-order chi connectivity index (χ1) is 8.75. The molecule has 0 saturated carbocycles. The molecule has 0 aliphatic rings. The molecule has 0 atom stereocenters. The second-order valence-corrected chi connectivity index (χ2v) is 4.60. The van der Waals surface area contributed by atoms with Crippen LogP contribution in [-0.4, -0.2) is 0 Å². The van der Waals surface area contributed by atoms with Crippen LogP contribution in [0.3, 0.4) is 0 Å². The smallest absolute Gasteiger partial charge is 0.0314 e. The summed E-state index contributed by atoms with van der Waals surface area (Å²) in [4.78, 5) is 0. The predicted molar refractivity (Wildman–Crippen MR) is 78.5 cm³/mol. The maximum atomic E-state index is 5.75. The Balaban J connectivity index is 2.32. The first-order valence-corrected chi connectivity index (χ1v) is 6.10. The fourth-order valence-corrected chi connectivity index (χ4v) is 2.43. The largest absolute Gasteiger partial charge is 0.399 e. The van der Waals surface area contributed by atoms with Gasteiger partial charge < -0.3 is 5.73 Å². The van der Waals surface area contributed by atoms with Gasteiger partial charge in [-0.25, -0.2) is 0 Å². The molecule has 0 aliphatic heterocycles. The molecule has 0 aliphatic carbocycles. The molecular formula is C17H15N. The number of aryl methyl sites for hydroxylation is 1. The number of hydrogen-bond donors (Lipinski definition) is 1. The zero-order valence-corrected chi connectivity index (χ0v) is 10.4. The fraction of sp³-hybridized carbons (Fsp3) is 0.0588. The Morgan fingerprint density at radius 2 is 1.44 bits per heavy atom. The van der Waals surface area contributed by atoms with Gasteiger partial charge in [-0.2, -0.15) is 0 Å². The summed E-state index contributed by atoms with van der Waals surface area (Å²) in [7, 11) is 0. The standard InChI is InChI=1S/C17H15N/c1-12-4-2-5-14-6-3-7-16(17(12)14)13-8-10-15(18)11-9-13/h2-11H,18H2,1H3. The zero-order valence-electron chi connectivity index (χ0n) is 10.4. The topological polar surface area (TPSA) is 26.0 Å². The van der Waals surface area contributed by atoms with Gasteiger partial charge in [-0.15, -0.1) is 0 Å². The van der Waals surface area contributed by atoms with Crippen molar-refractivity contribution >= 4 is 16.5 Å². The highest BCUT2D eigenvalue weighted by molar-refractivity contribution is 5.98. The number of hydrogen-bond acceptors (Lipinski definition) is 1. The summed E-state index contributed by atoms with van der Waals surface area (Å²) in [5, 5.41) is 2.61. The average molecular weight is 233 g/mol. The average Bonchev–Trinajstić information content (AvgIpc) is 2.39. The van der Waals surface area contributed by atoms with Gasteiger partial charge in [-0.1, -0.05) is 48.5 Å². The van der Waals surface area contributed by atoms with Gasteiger partial charge in [0, 0.05) is 5.69 Å². The Labute approximate surface area is 107 Å². The molecule has 0 fully saturated rings. The quantitative estimate of drug-likeness (QED) is 0.619. The molecule has 88 valence electrons. The van der Waals surface area contributed by atoms with Crippen molar-refractivity contribution < 1.29 is 0 Å². The lowest BCUT2D eigenvalue weighted by Gasteiger charge is -2.09. The van der Waals surface area contributed by atoms with E-state index in [2.05, 4.69) is 55.5 Å². The number of rotatable bonds is 1. The van der Waals surface area contributed by atoms with Crippen molar-refractivity contribution in [3.8, 4) is 11.1 Å².